The summed E-state index contributed by atoms with van der Waals surface area (Å²) in [5.74, 6) is 1.09. The Kier molecular flexibility index (Phi) is 4.29. The van der Waals surface area contributed by atoms with Crippen molar-refractivity contribution in [3.05, 3.63) is 12.2 Å². The molecule has 0 aromatic heterocycles. The van der Waals surface area contributed by atoms with Gasteiger partial charge in [0.2, 0.25) is 0 Å². The Balaban J connectivity index is 1.78. The first-order valence-electron chi connectivity index (χ1n) is 4.57. The van der Waals surface area contributed by atoms with Crippen molar-refractivity contribution in [2.45, 2.75) is 32.1 Å². The van der Waals surface area contributed by atoms with Crippen LogP contribution in [0.15, 0.2) is 12.2 Å². The summed E-state index contributed by atoms with van der Waals surface area (Å²) < 4.78 is 4.90. The first-order chi connectivity index (χ1) is 5.43. The smallest absolute Gasteiger partial charge is 0.0643 e. The van der Waals surface area contributed by atoms with E-state index in [4.69, 9.17) is 4.74 Å². The molecule has 1 saturated carbocycles. The molecule has 0 atom stereocenters. The van der Waals surface area contributed by atoms with Crippen LogP contribution in [0.5, 0.6) is 0 Å². The van der Waals surface area contributed by atoms with E-state index in [1.165, 1.54) is 32.1 Å². The predicted molar refractivity (Wildman–Crippen MR) is 47.6 cm³/mol. The standard InChI is InChI=1S/C10H18O/c1-11-9-5-3-2-4-6-10-7-8-10/h3,5,10H,2,4,6-9H2,1H3. The highest BCUT2D eigenvalue weighted by molar-refractivity contribution is 4.82. The average Bonchev–Trinajstić information content (AvgIpc) is 2.80. The molecule has 64 valence electrons. The summed E-state index contributed by atoms with van der Waals surface area (Å²) in [5, 5.41) is 0. The lowest BCUT2D eigenvalue weighted by Gasteiger charge is -1.92. The van der Waals surface area contributed by atoms with E-state index in [1.807, 2.05) is 0 Å². The van der Waals surface area contributed by atoms with E-state index in [-0.39, 0.29) is 0 Å². The van der Waals surface area contributed by atoms with Crippen LogP contribution >= 0.6 is 0 Å². The first kappa shape index (κ1) is 8.79. The summed E-state index contributed by atoms with van der Waals surface area (Å²) in [5.41, 5.74) is 0. The van der Waals surface area contributed by atoms with Crippen LogP contribution in [0.3, 0.4) is 0 Å². The minimum absolute atomic E-state index is 0.767. The van der Waals surface area contributed by atoms with Crippen LogP contribution in [0.1, 0.15) is 32.1 Å². The van der Waals surface area contributed by atoms with Crippen molar-refractivity contribution in [1.82, 2.24) is 0 Å². The number of hydrogen-bond donors (Lipinski definition) is 0. The molecule has 0 unspecified atom stereocenters. The zero-order valence-corrected chi connectivity index (χ0v) is 7.38. The molecule has 0 aliphatic heterocycles. The van der Waals surface area contributed by atoms with E-state index in [0.29, 0.717) is 0 Å². The lowest BCUT2D eigenvalue weighted by molar-refractivity contribution is 0.233. The van der Waals surface area contributed by atoms with Crippen molar-refractivity contribution in [3.63, 3.8) is 0 Å². The SMILES string of the molecule is COCC=CCCCC1CC1. The van der Waals surface area contributed by atoms with Gasteiger partial charge in [-0.1, -0.05) is 31.4 Å². The van der Waals surface area contributed by atoms with Gasteiger partial charge in [-0.3, -0.25) is 0 Å². The molecule has 0 amide bonds. The van der Waals surface area contributed by atoms with Crippen LogP contribution in [0.4, 0.5) is 0 Å². The number of rotatable bonds is 6. The molecule has 1 aliphatic carbocycles. The van der Waals surface area contributed by atoms with Crippen LogP contribution in [0.2, 0.25) is 0 Å². The lowest BCUT2D eigenvalue weighted by atomic mass is 10.2. The molecule has 0 aromatic carbocycles. The molecule has 0 radical (unpaired) electrons. The summed E-state index contributed by atoms with van der Waals surface area (Å²) in [4.78, 5) is 0. The van der Waals surface area contributed by atoms with Gasteiger partial charge in [-0.05, 0) is 18.8 Å². The van der Waals surface area contributed by atoms with Gasteiger partial charge in [0.05, 0.1) is 6.61 Å². The third kappa shape index (κ3) is 5.02. The normalized spacial score (nSPS) is 17.9. The lowest BCUT2D eigenvalue weighted by Crippen LogP contribution is -1.81. The average molecular weight is 154 g/mol. The van der Waals surface area contributed by atoms with Gasteiger partial charge in [-0.2, -0.15) is 0 Å². The zero-order valence-electron chi connectivity index (χ0n) is 7.38. The van der Waals surface area contributed by atoms with Gasteiger partial charge >= 0.3 is 0 Å². The topological polar surface area (TPSA) is 9.23 Å². The highest BCUT2D eigenvalue weighted by Crippen LogP contribution is 2.33. The molecule has 0 saturated heterocycles. The van der Waals surface area contributed by atoms with Crippen LogP contribution < -0.4 is 0 Å². The quantitative estimate of drug-likeness (QED) is 0.422. The maximum Gasteiger partial charge on any atom is 0.0643 e. The van der Waals surface area contributed by atoms with E-state index in [9.17, 15) is 0 Å². The molecule has 1 rings (SSSR count). The third-order valence-electron chi connectivity index (χ3n) is 2.11. The maximum absolute atomic E-state index is 4.90. The molecule has 0 spiro atoms. The summed E-state index contributed by atoms with van der Waals surface area (Å²) >= 11 is 0. The maximum atomic E-state index is 4.90. The number of hydrogen-bond acceptors (Lipinski definition) is 1. The Hall–Kier alpha value is -0.300. The summed E-state index contributed by atoms with van der Waals surface area (Å²) in [6.07, 6.45) is 11.4. The Morgan fingerprint density at radius 2 is 2.18 bits per heavy atom. The van der Waals surface area contributed by atoms with E-state index >= 15 is 0 Å². The minimum atomic E-state index is 0.767. The van der Waals surface area contributed by atoms with Gasteiger partial charge in [0.1, 0.15) is 0 Å². The van der Waals surface area contributed by atoms with Gasteiger partial charge in [0, 0.05) is 7.11 Å². The Morgan fingerprint density at radius 3 is 2.82 bits per heavy atom. The van der Waals surface area contributed by atoms with Gasteiger partial charge in [-0.25, -0.2) is 0 Å². The van der Waals surface area contributed by atoms with Crippen LogP contribution in [0, 0.1) is 5.92 Å². The number of methoxy groups -OCH3 is 1. The molecular weight excluding hydrogens is 136 g/mol. The van der Waals surface area contributed by atoms with Gasteiger partial charge in [0.25, 0.3) is 0 Å². The largest absolute Gasteiger partial charge is 0.381 e. The van der Waals surface area contributed by atoms with E-state index in [2.05, 4.69) is 12.2 Å². The van der Waals surface area contributed by atoms with Gasteiger partial charge in [-0.15, -0.1) is 0 Å². The fraction of sp³-hybridized carbons (Fsp3) is 0.800. The van der Waals surface area contributed by atoms with Gasteiger partial charge < -0.3 is 4.74 Å². The second-order valence-corrected chi connectivity index (χ2v) is 3.30. The molecule has 0 heterocycles. The Morgan fingerprint density at radius 1 is 1.36 bits per heavy atom. The highest BCUT2D eigenvalue weighted by atomic mass is 16.5. The van der Waals surface area contributed by atoms with Crippen molar-refractivity contribution in [3.8, 4) is 0 Å². The molecule has 1 fully saturated rings. The summed E-state index contributed by atoms with van der Waals surface area (Å²) in [7, 11) is 1.73. The van der Waals surface area contributed by atoms with E-state index in [0.717, 1.165) is 12.5 Å². The minimum Gasteiger partial charge on any atom is -0.381 e. The molecule has 0 N–H and O–H groups in total. The second-order valence-electron chi connectivity index (χ2n) is 3.30. The van der Waals surface area contributed by atoms with E-state index in [1.54, 1.807) is 7.11 Å². The van der Waals surface area contributed by atoms with Crippen molar-refractivity contribution in [2.24, 2.45) is 5.92 Å². The second kappa shape index (κ2) is 5.36. The molecular formula is C10H18O. The van der Waals surface area contributed by atoms with E-state index < -0.39 is 0 Å². The monoisotopic (exact) mass is 154 g/mol. The van der Waals surface area contributed by atoms with Crippen LogP contribution in [-0.2, 0) is 4.74 Å². The zero-order chi connectivity index (χ0) is 7.94. The van der Waals surface area contributed by atoms with Gasteiger partial charge in [0.15, 0.2) is 0 Å². The van der Waals surface area contributed by atoms with Crippen LogP contribution in [0.25, 0.3) is 0 Å². The predicted octanol–water partition coefficient (Wildman–Crippen LogP) is 2.77. The molecule has 1 heteroatoms. The molecule has 1 aliphatic rings. The fourth-order valence-corrected chi connectivity index (χ4v) is 1.21. The Labute approximate surface area is 69.4 Å². The van der Waals surface area contributed by atoms with Crippen molar-refractivity contribution in [2.75, 3.05) is 13.7 Å². The number of ether oxygens (including phenoxy) is 1. The highest BCUT2D eigenvalue weighted by Gasteiger charge is 2.19. The molecule has 1 nitrogen and oxygen atoms in total. The van der Waals surface area contributed by atoms with Crippen molar-refractivity contribution < 1.29 is 4.74 Å². The number of allylic oxidation sites excluding steroid dienone is 1. The molecule has 0 aromatic rings. The summed E-state index contributed by atoms with van der Waals surface area (Å²) in [6, 6.07) is 0. The van der Waals surface area contributed by atoms with Crippen molar-refractivity contribution in [1.29, 1.82) is 0 Å². The number of unbranched alkanes of at least 4 members (excludes halogenated alkanes) is 1. The first-order valence-corrected chi connectivity index (χ1v) is 4.57. The molecule has 0 bridgehead atoms. The summed E-state index contributed by atoms with van der Waals surface area (Å²) in [6.45, 7) is 0.767. The fourth-order valence-electron chi connectivity index (χ4n) is 1.21. The van der Waals surface area contributed by atoms with Crippen molar-refractivity contribution >= 4 is 0 Å². The third-order valence-corrected chi connectivity index (χ3v) is 2.11. The van der Waals surface area contributed by atoms with Crippen LogP contribution in [-0.4, -0.2) is 13.7 Å². The Bertz CT molecular complexity index is 114. The molecule has 11 heavy (non-hydrogen) atoms.